The van der Waals surface area contributed by atoms with E-state index in [4.69, 9.17) is 4.74 Å². The lowest BCUT2D eigenvalue weighted by atomic mass is 10.0. The highest BCUT2D eigenvalue weighted by molar-refractivity contribution is 6.04. The molecule has 2 N–H and O–H groups in total. The molecule has 1 amide bonds. The average molecular weight is 339 g/mol. The quantitative estimate of drug-likeness (QED) is 0.879. The number of carbonyl (C=O) groups excluding carboxylic acids is 1. The lowest BCUT2D eigenvalue weighted by Crippen LogP contribution is -3.12. The second-order valence-electron chi connectivity index (χ2n) is 6.97. The van der Waals surface area contributed by atoms with Gasteiger partial charge in [-0.05, 0) is 35.7 Å². The molecule has 0 aliphatic carbocycles. The van der Waals surface area contributed by atoms with Gasteiger partial charge in [-0.3, -0.25) is 4.79 Å². The third-order valence-electron chi connectivity index (χ3n) is 4.71. The Kier molecular flexibility index (Phi) is 5.84. The molecule has 0 unspecified atom stereocenters. The molecule has 3 rings (SSSR count). The van der Waals surface area contributed by atoms with Gasteiger partial charge in [-0.2, -0.15) is 0 Å². The lowest BCUT2D eigenvalue weighted by molar-refractivity contribution is -0.921. The molecule has 1 fully saturated rings. The Morgan fingerprint density at radius 1 is 1.04 bits per heavy atom. The summed E-state index contributed by atoms with van der Waals surface area (Å²) in [6, 6.07) is 16.0. The number of amides is 1. The van der Waals surface area contributed by atoms with Gasteiger partial charge >= 0.3 is 0 Å². The average Bonchev–Trinajstić information content (AvgIpc) is 2.63. The van der Waals surface area contributed by atoms with Gasteiger partial charge in [0.2, 0.25) is 0 Å². The minimum absolute atomic E-state index is 0.0671. The van der Waals surface area contributed by atoms with Crippen LogP contribution in [0.3, 0.4) is 0 Å². The van der Waals surface area contributed by atoms with Crippen LogP contribution in [0.5, 0.6) is 0 Å². The molecule has 0 atom stereocenters. The predicted octanol–water partition coefficient (Wildman–Crippen LogP) is 2.48. The van der Waals surface area contributed by atoms with Gasteiger partial charge in [-0.15, -0.1) is 0 Å². The molecule has 2 aromatic carbocycles. The molecule has 0 radical (unpaired) electrons. The fourth-order valence-corrected chi connectivity index (χ4v) is 3.05. The van der Waals surface area contributed by atoms with Crippen LogP contribution < -0.4 is 10.2 Å². The highest BCUT2D eigenvalue weighted by Gasteiger charge is 2.14. The number of anilines is 1. The molecule has 4 nitrogen and oxygen atoms in total. The number of nitrogens with one attached hydrogen (secondary N) is 2. The van der Waals surface area contributed by atoms with Gasteiger partial charge in [-0.1, -0.05) is 38.1 Å². The normalized spacial score (nSPS) is 15.3. The highest BCUT2D eigenvalue weighted by atomic mass is 16.5. The fourth-order valence-electron chi connectivity index (χ4n) is 3.05. The maximum atomic E-state index is 12.4. The van der Waals surface area contributed by atoms with E-state index in [-0.39, 0.29) is 5.91 Å². The first-order valence-electron chi connectivity index (χ1n) is 9.03. The standard InChI is InChI=1S/C21H26N2O2/c1-16(2)18-7-9-20(10-8-18)22-21(24)19-5-3-17(4-6-19)15-23-11-13-25-14-12-23/h3-10,16H,11-15H2,1-2H3,(H,22,24)/p+1. The molecule has 132 valence electrons. The zero-order chi connectivity index (χ0) is 17.6. The lowest BCUT2D eigenvalue weighted by Gasteiger charge is -2.23. The first kappa shape index (κ1) is 17.6. The summed E-state index contributed by atoms with van der Waals surface area (Å²) in [5, 5.41) is 2.96. The Bertz CT molecular complexity index is 687. The minimum Gasteiger partial charge on any atom is -0.370 e. The molecule has 2 aromatic rings. The first-order valence-corrected chi connectivity index (χ1v) is 9.03. The van der Waals surface area contributed by atoms with E-state index < -0.39 is 0 Å². The Morgan fingerprint density at radius 3 is 2.28 bits per heavy atom. The number of carbonyl (C=O) groups is 1. The molecule has 4 heteroatoms. The molecule has 0 aromatic heterocycles. The third kappa shape index (κ3) is 4.91. The zero-order valence-electron chi connectivity index (χ0n) is 15.0. The largest absolute Gasteiger partial charge is 0.370 e. The van der Waals surface area contributed by atoms with Crippen molar-refractivity contribution < 1.29 is 14.4 Å². The van der Waals surface area contributed by atoms with Crippen LogP contribution in [0.2, 0.25) is 0 Å². The monoisotopic (exact) mass is 339 g/mol. The van der Waals surface area contributed by atoms with Crippen LogP contribution in [0.25, 0.3) is 0 Å². The Morgan fingerprint density at radius 2 is 1.68 bits per heavy atom. The van der Waals surface area contributed by atoms with E-state index in [1.165, 1.54) is 16.0 Å². The predicted molar refractivity (Wildman–Crippen MR) is 100 cm³/mol. The van der Waals surface area contributed by atoms with Crippen molar-refractivity contribution in [3.63, 3.8) is 0 Å². The number of ether oxygens (including phenoxy) is 1. The Hall–Kier alpha value is -2.17. The van der Waals surface area contributed by atoms with E-state index >= 15 is 0 Å². The van der Waals surface area contributed by atoms with Crippen LogP contribution in [0.4, 0.5) is 5.69 Å². The molecule has 0 saturated carbocycles. The smallest absolute Gasteiger partial charge is 0.255 e. The number of rotatable bonds is 5. The van der Waals surface area contributed by atoms with Crippen LogP contribution in [0.1, 0.15) is 41.3 Å². The molecular formula is C21H27N2O2+. The molecule has 1 aliphatic rings. The van der Waals surface area contributed by atoms with Crippen molar-refractivity contribution >= 4 is 11.6 Å². The summed E-state index contributed by atoms with van der Waals surface area (Å²) in [6.07, 6.45) is 0. The van der Waals surface area contributed by atoms with E-state index in [1.807, 2.05) is 24.3 Å². The maximum absolute atomic E-state index is 12.4. The number of quaternary nitrogens is 1. The SMILES string of the molecule is CC(C)c1ccc(NC(=O)c2ccc(C[NH+]3CCOCC3)cc2)cc1. The summed E-state index contributed by atoms with van der Waals surface area (Å²) in [6.45, 7) is 9.09. The number of hydrogen-bond donors (Lipinski definition) is 2. The third-order valence-corrected chi connectivity index (χ3v) is 4.71. The van der Waals surface area contributed by atoms with Gasteiger partial charge in [0.1, 0.15) is 19.6 Å². The molecular weight excluding hydrogens is 312 g/mol. The molecule has 1 heterocycles. The van der Waals surface area contributed by atoms with Crippen molar-refractivity contribution in [1.29, 1.82) is 0 Å². The van der Waals surface area contributed by atoms with Gasteiger partial charge in [0.15, 0.2) is 0 Å². The van der Waals surface area contributed by atoms with E-state index in [0.29, 0.717) is 11.5 Å². The summed E-state index contributed by atoms with van der Waals surface area (Å²) < 4.78 is 5.39. The Balaban J connectivity index is 1.58. The highest BCUT2D eigenvalue weighted by Crippen LogP contribution is 2.17. The topological polar surface area (TPSA) is 42.8 Å². The molecule has 1 saturated heterocycles. The van der Waals surface area contributed by atoms with Crippen molar-refractivity contribution in [2.45, 2.75) is 26.3 Å². The van der Waals surface area contributed by atoms with Crippen LogP contribution in [0, 0.1) is 0 Å². The van der Waals surface area contributed by atoms with Gasteiger partial charge in [0.05, 0.1) is 13.2 Å². The Labute approximate surface area is 149 Å². The summed E-state index contributed by atoms with van der Waals surface area (Å²) in [5.41, 5.74) is 4.05. The molecule has 0 bridgehead atoms. The number of hydrogen-bond acceptors (Lipinski definition) is 2. The van der Waals surface area contributed by atoms with E-state index in [1.54, 1.807) is 0 Å². The first-order chi connectivity index (χ1) is 12.1. The summed E-state index contributed by atoms with van der Waals surface area (Å²) in [7, 11) is 0. The van der Waals surface area contributed by atoms with Gasteiger partial charge in [0.25, 0.3) is 5.91 Å². The van der Waals surface area contributed by atoms with E-state index in [2.05, 4.69) is 43.4 Å². The molecule has 1 aliphatic heterocycles. The maximum Gasteiger partial charge on any atom is 0.255 e. The number of benzene rings is 2. The van der Waals surface area contributed by atoms with Crippen molar-refractivity contribution in [3.8, 4) is 0 Å². The number of morpholine rings is 1. The second-order valence-corrected chi connectivity index (χ2v) is 6.97. The van der Waals surface area contributed by atoms with Crippen molar-refractivity contribution in [1.82, 2.24) is 0 Å². The zero-order valence-corrected chi connectivity index (χ0v) is 15.0. The van der Waals surface area contributed by atoms with Crippen molar-refractivity contribution in [2.75, 3.05) is 31.6 Å². The van der Waals surface area contributed by atoms with Gasteiger partial charge < -0.3 is 15.0 Å². The fraction of sp³-hybridized carbons (Fsp3) is 0.381. The summed E-state index contributed by atoms with van der Waals surface area (Å²) in [5.74, 6) is 0.424. The summed E-state index contributed by atoms with van der Waals surface area (Å²) in [4.78, 5) is 13.9. The van der Waals surface area contributed by atoms with Gasteiger partial charge in [-0.25, -0.2) is 0 Å². The van der Waals surface area contributed by atoms with Crippen LogP contribution in [-0.4, -0.2) is 32.2 Å². The van der Waals surface area contributed by atoms with Gasteiger partial charge in [0, 0.05) is 16.8 Å². The van der Waals surface area contributed by atoms with E-state index in [9.17, 15) is 4.79 Å². The van der Waals surface area contributed by atoms with Crippen molar-refractivity contribution in [2.24, 2.45) is 0 Å². The van der Waals surface area contributed by atoms with Crippen LogP contribution in [0.15, 0.2) is 48.5 Å². The second kappa shape index (κ2) is 8.28. The summed E-state index contributed by atoms with van der Waals surface area (Å²) >= 11 is 0. The van der Waals surface area contributed by atoms with Crippen molar-refractivity contribution in [3.05, 3.63) is 65.2 Å². The van der Waals surface area contributed by atoms with Crippen LogP contribution in [-0.2, 0) is 11.3 Å². The molecule has 0 spiro atoms. The van der Waals surface area contributed by atoms with E-state index in [0.717, 1.165) is 38.5 Å². The molecule has 25 heavy (non-hydrogen) atoms. The minimum atomic E-state index is -0.0671. The van der Waals surface area contributed by atoms with Crippen LogP contribution >= 0.6 is 0 Å².